The average Bonchev–Trinajstić information content (AvgIpc) is 2.87. The average molecular weight is 523 g/mol. The van der Waals surface area contributed by atoms with Crippen LogP contribution in [0.1, 0.15) is 50.7 Å². The van der Waals surface area contributed by atoms with Crippen LogP contribution in [-0.4, -0.2) is 49.6 Å². The van der Waals surface area contributed by atoms with Gasteiger partial charge in [-0.2, -0.15) is 5.11 Å². The van der Waals surface area contributed by atoms with E-state index < -0.39 is 15.6 Å². The molecule has 2 rings (SSSR count). The van der Waals surface area contributed by atoms with Gasteiger partial charge in [0.2, 0.25) is 10.0 Å². The van der Waals surface area contributed by atoms with Crippen LogP contribution in [-0.2, 0) is 21.3 Å². The molecule has 0 fully saturated rings. The molecule has 1 aromatic carbocycles. The van der Waals surface area contributed by atoms with Crippen molar-refractivity contribution >= 4 is 21.4 Å². The first-order chi connectivity index (χ1) is 17.2. The van der Waals surface area contributed by atoms with Crippen molar-refractivity contribution in [1.29, 1.82) is 0 Å². The topological polar surface area (TPSA) is 143 Å². The molecule has 0 spiro atoms. The summed E-state index contributed by atoms with van der Waals surface area (Å²) < 4.78 is 33.6. The number of nitrogens with one attached hydrogen (secondary N) is 1. The van der Waals surface area contributed by atoms with Gasteiger partial charge in [-0.25, -0.2) is 13.1 Å². The van der Waals surface area contributed by atoms with E-state index in [-0.39, 0.29) is 48.7 Å². The summed E-state index contributed by atoms with van der Waals surface area (Å²) in [7, 11) is -3.73. The molecule has 0 saturated carbocycles. The summed E-state index contributed by atoms with van der Waals surface area (Å²) in [4.78, 5) is 13.3. The highest BCUT2D eigenvalue weighted by molar-refractivity contribution is 7.89. The lowest BCUT2D eigenvalue weighted by Gasteiger charge is -2.19. The van der Waals surface area contributed by atoms with E-state index in [0.29, 0.717) is 23.4 Å². The Hall–Kier alpha value is -2.60. The Morgan fingerprint density at radius 2 is 1.78 bits per heavy atom. The van der Waals surface area contributed by atoms with E-state index in [1.807, 2.05) is 0 Å². The normalized spacial score (nSPS) is 12.9. The molecule has 0 aliphatic rings. The van der Waals surface area contributed by atoms with Gasteiger partial charge >= 0.3 is 0 Å². The number of unbranched alkanes of at least 4 members (excludes halogenated alkanes) is 1. The quantitative estimate of drug-likeness (QED) is 0.237. The van der Waals surface area contributed by atoms with Gasteiger partial charge in [-0.05, 0) is 56.0 Å². The first kappa shape index (κ1) is 29.6. The third kappa shape index (κ3) is 7.95. The van der Waals surface area contributed by atoms with Gasteiger partial charge < -0.3 is 14.9 Å². The van der Waals surface area contributed by atoms with Gasteiger partial charge in [0.15, 0.2) is 11.6 Å². The second-order valence-electron chi connectivity index (χ2n) is 8.68. The van der Waals surface area contributed by atoms with Crippen molar-refractivity contribution < 1.29 is 23.4 Å². The first-order valence-corrected chi connectivity index (χ1v) is 13.8. The number of ether oxygens (including phenoxy) is 1. The smallest absolute Gasteiger partial charge is 0.281 e. The number of sulfonamides is 1. The fraction of sp³-hybridized carbons (Fsp3) is 0.560. The van der Waals surface area contributed by atoms with E-state index >= 15 is 0 Å². The fourth-order valence-corrected chi connectivity index (χ4v) is 4.71. The highest BCUT2D eigenvalue weighted by Gasteiger charge is 2.19. The summed E-state index contributed by atoms with van der Waals surface area (Å²) in [5, 5.41) is 27.7. The Balaban J connectivity index is 2.23. The number of hydrogen-bond acceptors (Lipinski definition) is 8. The molecule has 10 nitrogen and oxygen atoms in total. The number of aromatic hydroxyl groups is 1. The molecule has 11 heteroatoms. The molecular weight excluding hydrogens is 484 g/mol. The minimum atomic E-state index is -3.73. The van der Waals surface area contributed by atoms with Gasteiger partial charge in [0.25, 0.3) is 5.56 Å². The second-order valence-corrected chi connectivity index (χ2v) is 10.4. The largest absolute Gasteiger partial charge is 0.494 e. The lowest BCUT2D eigenvalue weighted by Crippen LogP contribution is -2.27. The van der Waals surface area contributed by atoms with Crippen LogP contribution in [0.15, 0.2) is 44.2 Å². The molecule has 200 valence electrons. The van der Waals surface area contributed by atoms with E-state index in [9.17, 15) is 18.3 Å². The van der Waals surface area contributed by atoms with Gasteiger partial charge in [-0.1, -0.05) is 33.1 Å². The molecule has 0 saturated heterocycles. The number of nitrogens with zero attached hydrogens (tertiary/aromatic N) is 3. The number of benzene rings is 1. The summed E-state index contributed by atoms with van der Waals surface area (Å²) in [6.45, 7) is 8.31. The number of aromatic nitrogens is 1. The molecule has 3 N–H and O–H groups in total. The third-order valence-electron chi connectivity index (χ3n) is 6.13. The molecule has 1 aromatic heterocycles. The Kier molecular flexibility index (Phi) is 11.7. The third-order valence-corrected chi connectivity index (χ3v) is 7.60. The highest BCUT2D eigenvalue weighted by atomic mass is 32.2. The van der Waals surface area contributed by atoms with Gasteiger partial charge in [-0.15, -0.1) is 5.11 Å². The number of rotatable bonds is 15. The van der Waals surface area contributed by atoms with Crippen molar-refractivity contribution in [3.8, 4) is 5.88 Å². The second kappa shape index (κ2) is 14.2. The Morgan fingerprint density at radius 1 is 1.08 bits per heavy atom. The van der Waals surface area contributed by atoms with Gasteiger partial charge in [0.05, 0.1) is 30.4 Å². The standard InChI is InChI=1S/C25H38N4O6S/c1-5-7-8-20(6-2)17-29-24(31)19(4)18(3)23(25(29)32)28-27-21-9-11-22(12-10-21)36(33,34)26-13-15-35-16-14-30/h9-12,20,26,30-31H,5-8,13-17H2,1-4H3. The van der Waals surface area contributed by atoms with Crippen LogP contribution >= 0.6 is 0 Å². The zero-order chi connectivity index (χ0) is 26.7. The summed E-state index contributed by atoms with van der Waals surface area (Å²) in [5.74, 6) is 0.222. The lowest BCUT2D eigenvalue weighted by atomic mass is 9.99. The molecule has 1 atom stereocenters. The van der Waals surface area contributed by atoms with E-state index in [1.54, 1.807) is 13.8 Å². The maximum atomic E-state index is 13.2. The maximum Gasteiger partial charge on any atom is 0.281 e. The minimum Gasteiger partial charge on any atom is -0.494 e. The van der Waals surface area contributed by atoms with Crippen LogP contribution in [0.4, 0.5) is 11.4 Å². The Bertz CT molecular complexity index is 1180. The monoisotopic (exact) mass is 522 g/mol. The lowest BCUT2D eigenvalue weighted by molar-refractivity contribution is 0.0961. The molecule has 0 bridgehead atoms. The van der Waals surface area contributed by atoms with Gasteiger partial charge in [0, 0.05) is 18.7 Å². The molecule has 0 radical (unpaired) electrons. The molecule has 1 heterocycles. The zero-order valence-corrected chi connectivity index (χ0v) is 22.3. The summed E-state index contributed by atoms with van der Waals surface area (Å²) in [6.07, 6.45) is 4.00. The maximum absolute atomic E-state index is 13.2. The highest BCUT2D eigenvalue weighted by Crippen LogP contribution is 2.28. The molecular formula is C25H38N4O6S. The van der Waals surface area contributed by atoms with E-state index in [4.69, 9.17) is 9.84 Å². The molecule has 0 aliphatic heterocycles. The number of aliphatic hydroxyl groups excluding tert-OH is 1. The van der Waals surface area contributed by atoms with E-state index in [2.05, 4.69) is 28.8 Å². The summed E-state index contributed by atoms with van der Waals surface area (Å²) in [6, 6.07) is 5.80. The van der Waals surface area contributed by atoms with Crippen LogP contribution in [0.25, 0.3) is 0 Å². The summed E-state index contributed by atoms with van der Waals surface area (Å²) in [5.41, 5.74) is 1.25. The SMILES string of the molecule is CCCCC(CC)Cn1c(O)c(C)c(C)c(N=Nc2ccc(S(=O)(=O)NCCOCCO)cc2)c1=O. The van der Waals surface area contributed by atoms with Crippen molar-refractivity contribution in [2.75, 3.05) is 26.4 Å². The van der Waals surface area contributed by atoms with Crippen LogP contribution in [0, 0.1) is 19.8 Å². The van der Waals surface area contributed by atoms with Crippen LogP contribution in [0.3, 0.4) is 0 Å². The van der Waals surface area contributed by atoms with Crippen LogP contribution in [0.2, 0.25) is 0 Å². The predicted molar refractivity (Wildman–Crippen MR) is 139 cm³/mol. The molecule has 2 aromatic rings. The predicted octanol–water partition coefficient (Wildman–Crippen LogP) is 4.09. The van der Waals surface area contributed by atoms with Gasteiger partial charge in [0.1, 0.15) is 0 Å². The van der Waals surface area contributed by atoms with E-state index in [0.717, 1.165) is 25.7 Å². The van der Waals surface area contributed by atoms with Crippen molar-refractivity contribution in [2.45, 2.75) is 64.8 Å². The number of pyridine rings is 1. The van der Waals surface area contributed by atoms with Crippen LogP contribution < -0.4 is 10.3 Å². The van der Waals surface area contributed by atoms with E-state index in [1.165, 1.54) is 28.8 Å². The number of hydrogen-bond donors (Lipinski definition) is 3. The van der Waals surface area contributed by atoms with Gasteiger partial charge in [-0.3, -0.25) is 9.36 Å². The number of aliphatic hydroxyl groups is 1. The molecule has 1 unspecified atom stereocenters. The first-order valence-electron chi connectivity index (χ1n) is 12.3. The fourth-order valence-electron chi connectivity index (χ4n) is 3.69. The number of azo groups is 1. The molecule has 0 aliphatic carbocycles. The summed E-state index contributed by atoms with van der Waals surface area (Å²) >= 11 is 0. The zero-order valence-electron chi connectivity index (χ0n) is 21.5. The van der Waals surface area contributed by atoms with Crippen molar-refractivity contribution in [2.24, 2.45) is 16.1 Å². The molecule has 36 heavy (non-hydrogen) atoms. The van der Waals surface area contributed by atoms with Crippen molar-refractivity contribution in [1.82, 2.24) is 9.29 Å². The Labute approximate surface area is 213 Å². The molecule has 0 amide bonds. The van der Waals surface area contributed by atoms with Crippen LogP contribution in [0.5, 0.6) is 5.88 Å². The minimum absolute atomic E-state index is 0.0461. The Morgan fingerprint density at radius 3 is 2.39 bits per heavy atom. The van der Waals surface area contributed by atoms with Crippen molar-refractivity contribution in [3.63, 3.8) is 0 Å². The van der Waals surface area contributed by atoms with Crippen molar-refractivity contribution in [3.05, 3.63) is 45.7 Å².